The van der Waals surface area contributed by atoms with Gasteiger partial charge in [0.25, 0.3) is 0 Å². The minimum Gasteiger partial charge on any atom is -0.355 e. The number of carbonyl (C=O) groups excluding carboxylic acids is 1. The molecule has 0 fully saturated rings. The number of pyridine rings is 1. The first-order chi connectivity index (χ1) is 11.3. The Hall–Kier alpha value is -2.34. The molecule has 1 N–H and O–H groups in total. The van der Waals surface area contributed by atoms with Gasteiger partial charge in [0.1, 0.15) is 0 Å². The third-order valence-electron chi connectivity index (χ3n) is 3.42. The van der Waals surface area contributed by atoms with Crippen LogP contribution in [0.2, 0.25) is 0 Å². The summed E-state index contributed by atoms with van der Waals surface area (Å²) in [6.07, 6.45) is 3.81. The molecule has 0 aliphatic rings. The van der Waals surface area contributed by atoms with Gasteiger partial charge >= 0.3 is 0 Å². The third kappa shape index (κ3) is 4.32. The molecular formula is C17H18N4OS. The molecular weight excluding hydrogens is 308 g/mol. The van der Waals surface area contributed by atoms with Crippen molar-refractivity contribution in [2.24, 2.45) is 0 Å². The fourth-order valence-corrected chi connectivity index (χ4v) is 3.02. The molecule has 118 valence electrons. The number of aromatic nitrogens is 3. The Morgan fingerprint density at radius 2 is 1.91 bits per heavy atom. The minimum absolute atomic E-state index is 0.0238. The molecule has 6 heteroatoms. The van der Waals surface area contributed by atoms with Crippen molar-refractivity contribution in [2.45, 2.75) is 18.0 Å². The van der Waals surface area contributed by atoms with E-state index in [1.54, 1.807) is 0 Å². The molecule has 1 aromatic carbocycles. The average molecular weight is 326 g/mol. The van der Waals surface area contributed by atoms with Gasteiger partial charge in [0, 0.05) is 12.7 Å². The standard InChI is InChI=1S/C17H18N4OS/c22-16(18-11-6-9-14-7-2-1-3-8-14)13-23-17-20-19-15-10-4-5-12-21(15)17/h1-5,7-8,10,12H,6,9,11,13H2,(H,18,22). The molecule has 0 aliphatic carbocycles. The Morgan fingerprint density at radius 3 is 2.78 bits per heavy atom. The van der Waals surface area contributed by atoms with Gasteiger partial charge in [-0.3, -0.25) is 9.20 Å². The summed E-state index contributed by atoms with van der Waals surface area (Å²) in [4.78, 5) is 11.9. The number of amides is 1. The van der Waals surface area contributed by atoms with E-state index in [0.29, 0.717) is 12.3 Å². The zero-order valence-corrected chi connectivity index (χ0v) is 13.5. The number of rotatable bonds is 7. The highest BCUT2D eigenvalue weighted by Gasteiger charge is 2.08. The van der Waals surface area contributed by atoms with E-state index in [1.807, 2.05) is 47.0 Å². The first-order valence-electron chi connectivity index (χ1n) is 7.56. The minimum atomic E-state index is 0.0238. The van der Waals surface area contributed by atoms with Crippen molar-refractivity contribution in [3.63, 3.8) is 0 Å². The number of hydrogen-bond donors (Lipinski definition) is 1. The molecule has 0 saturated carbocycles. The van der Waals surface area contributed by atoms with Crippen LogP contribution in [0.5, 0.6) is 0 Å². The maximum absolute atomic E-state index is 11.9. The lowest BCUT2D eigenvalue weighted by atomic mass is 10.1. The normalized spacial score (nSPS) is 10.8. The summed E-state index contributed by atoms with van der Waals surface area (Å²) in [7, 11) is 0. The van der Waals surface area contributed by atoms with E-state index in [0.717, 1.165) is 23.6 Å². The second-order valence-corrected chi connectivity index (χ2v) is 6.08. The molecule has 3 aromatic rings. The van der Waals surface area contributed by atoms with Crippen molar-refractivity contribution in [2.75, 3.05) is 12.3 Å². The van der Waals surface area contributed by atoms with E-state index in [1.165, 1.54) is 17.3 Å². The maximum Gasteiger partial charge on any atom is 0.230 e. The lowest BCUT2D eigenvalue weighted by molar-refractivity contribution is -0.118. The molecule has 2 aromatic heterocycles. The zero-order valence-electron chi connectivity index (χ0n) is 12.7. The van der Waals surface area contributed by atoms with Crippen LogP contribution in [0.25, 0.3) is 5.65 Å². The average Bonchev–Trinajstić information content (AvgIpc) is 3.01. The van der Waals surface area contributed by atoms with Crippen LogP contribution in [0.15, 0.2) is 59.9 Å². The van der Waals surface area contributed by atoms with Crippen molar-refractivity contribution >= 4 is 23.3 Å². The van der Waals surface area contributed by atoms with Gasteiger partial charge in [0.15, 0.2) is 10.8 Å². The fraction of sp³-hybridized carbons (Fsp3) is 0.235. The summed E-state index contributed by atoms with van der Waals surface area (Å²) >= 11 is 1.40. The van der Waals surface area contributed by atoms with Crippen LogP contribution in [-0.2, 0) is 11.2 Å². The van der Waals surface area contributed by atoms with E-state index in [9.17, 15) is 4.79 Å². The number of aryl methyl sites for hydroxylation is 1. The van der Waals surface area contributed by atoms with E-state index in [2.05, 4.69) is 27.6 Å². The fourth-order valence-electron chi connectivity index (χ4n) is 2.26. The molecule has 3 rings (SSSR count). The summed E-state index contributed by atoms with van der Waals surface area (Å²) in [5, 5.41) is 11.8. The van der Waals surface area contributed by atoms with Crippen LogP contribution < -0.4 is 5.32 Å². The van der Waals surface area contributed by atoms with Crippen molar-refractivity contribution in [3.8, 4) is 0 Å². The van der Waals surface area contributed by atoms with Crippen LogP contribution in [0.3, 0.4) is 0 Å². The topological polar surface area (TPSA) is 59.3 Å². The summed E-state index contributed by atoms with van der Waals surface area (Å²) in [5.74, 6) is 0.372. The number of thioether (sulfide) groups is 1. The van der Waals surface area contributed by atoms with E-state index >= 15 is 0 Å². The van der Waals surface area contributed by atoms with Crippen molar-refractivity contribution < 1.29 is 4.79 Å². The van der Waals surface area contributed by atoms with Gasteiger partial charge in [-0.2, -0.15) is 0 Å². The van der Waals surface area contributed by atoms with Crippen LogP contribution >= 0.6 is 11.8 Å². The number of nitrogens with zero attached hydrogens (tertiary/aromatic N) is 3. The quantitative estimate of drug-likeness (QED) is 0.535. The molecule has 0 radical (unpaired) electrons. The van der Waals surface area contributed by atoms with E-state index < -0.39 is 0 Å². The number of benzene rings is 1. The smallest absolute Gasteiger partial charge is 0.230 e. The van der Waals surface area contributed by atoms with Gasteiger partial charge in [0.05, 0.1) is 5.75 Å². The molecule has 0 atom stereocenters. The zero-order chi connectivity index (χ0) is 15.9. The van der Waals surface area contributed by atoms with Gasteiger partial charge in [-0.25, -0.2) is 0 Å². The molecule has 0 saturated heterocycles. The molecule has 5 nitrogen and oxygen atoms in total. The van der Waals surface area contributed by atoms with E-state index in [4.69, 9.17) is 0 Å². The van der Waals surface area contributed by atoms with E-state index in [-0.39, 0.29) is 5.91 Å². The van der Waals surface area contributed by atoms with Crippen LogP contribution in [0.4, 0.5) is 0 Å². The highest BCUT2D eigenvalue weighted by molar-refractivity contribution is 7.99. The first kappa shape index (κ1) is 15.6. The molecule has 2 heterocycles. The molecule has 0 aliphatic heterocycles. The lowest BCUT2D eigenvalue weighted by Gasteiger charge is -2.05. The molecule has 0 bridgehead atoms. The molecule has 0 spiro atoms. The number of fused-ring (bicyclic) bond motifs is 1. The lowest BCUT2D eigenvalue weighted by Crippen LogP contribution is -2.26. The highest BCUT2D eigenvalue weighted by atomic mass is 32.2. The van der Waals surface area contributed by atoms with Crippen molar-refractivity contribution in [1.29, 1.82) is 0 Å². The predicted molar refractivity (Wildman–Crippen MR) is 91.5 cm³/mol. The first-order valence-corrected chi connectivity index (χ1v) is 8.55. The monoisotopic (exact) mass is 326 g/mol. The summed E-state index contributed by atoms with van der Waals surface area (Å²) in [6, 6.07) is 16.0. The largest absolute Gasteiger partial charge is 0.355 e. The predicted octanol–water partition coefficient (Wildman–Crippen LogP) is 2.57. The Labute approximate surface area is 139 Å². The Morgan fingerprint density at radius 1 is 1.09 bits per heavy atom. The van der Waals surface area contributed by atoms with Gasteiger partial charge in [-0.1, -0.05) is 48.2 Å². The van der Waals surface area contributed by atoms with Gasteiger partial charge in [-0.15, -0.1) is 10.2 Å². The van der Waals surface area contributed by atoms with Crippen molar-refractivity contribution in [3.05, 3.63) is 60.3 Å². The van der Waals surface area contributed by atoms with Crippen LogP contribution in [-0.4, -0.2) is 32.8 Å². The Balaban J connectivity index is 1.40. The number of nitrogens with one attached hydrogen (secondary N) is 1. The van der Waals surface area contributed by atoms with Gasteiger partial charge < -0.3 is 5.32 Å². The van der Waals surface area contributed by atoms with Gasteiger partial charge in [0.2, 0.25) is 5.91 Å². The second kappa shape index (κ2) is 7.78. The van der Waals surface area contributed by atoms with Crippen LogP contribution in [0.1, 0.15) is 12.0 Å². The van der Waals surface area contributed by atoms with Gasteiger partial charge in [-0.05, 0) is 30.5 Å². The maximum atomic E-state index is 11.9. The van der Waals surface area contributed by atoms with Crippen LogP contribution in [0, 0.1) is 0 Å². The summed E-state index contributed by atoms with van der Waals surface area (Å²) < 4.78 is 1.88. The molecule has 23 heavy (non-hydrogen) atoms. The summed E-state index contributed by atoms with van der Waals surface area (Å²) in [6.45, 7) is 0.689. The number of hydrogen-bond acceptors (Lipinski definition) is 4. The Bertz CT molecular complexity index is 772. The molecule has 1 amide bonds. The SMILES string of the molecule is O=C(CSc1nnc2ccccn12)NCCCc1ccccc1. The summed E-state index contributed by atoms with van der Waals surface area (Å²) in [5.41, 5.74) is 2.09. The van der Waals surface area contributed by atoms with Crippen molar-refractivity contribution in [1.82, 2.24) is 19.9 Å². The highest BCUT2D eigenvalue weighted by Crippen LogP contribution is 2.16. The Kier molecular flexibility index (Phi) is 5.26. The molecule has 0 unspecified atom stereocenters. The third-order valence-corrected chi connectivity index (χ3v) is 4.37. The second-order valence-electron chi connectivity index (χ2n) is 5.14. The number of carbonyl (C=O) groups is 1.